The van der Waals surface area contributed by atoms with Gasteiger partial charge in [0.05, 0.1) is 0 Å². The lowest BCUT2D eigenvalue weighted by atomic mass is 9.92. The number of carbonyl (C=O) groups is 2. The Balaban J connectivity index is 2.40. The summed E-state index contributed by atoms with van der Waals surface area (Å²) in [4.78, 5) is 40.3. The first kappa shape index (κ1) is 15.2. The van der Waals surface area contributed by atoms with Gasteiger partial charge >= 0.3 is 5.97 Å². The van der Waals surface area contributed by atoms with E-state index in [1.807, 2.05) is 0 Å². The van der Waals surface area contributed by atoms with Crippen LogP contribution in [0.4, 0.5) is 0 Å². The molecule has 0 aliphatic heterocycles. The third kappa shape index (κ3) is 2.54. The highest BCUT2D eigenvalue weighted by Crippen LogP contribution is 2.16. The molecule has 0 saturated heterocycles. The summed E-state index contributed by atoms with van der Waals surface area (Å²) in [5.74, 6) is -1.84. The second-order valence-electron chi connectivity index (χ2n) is 4.58. The van der Waals surface area contributed by atoms with Crippen LogP contribution >= 0.6 is 11.3 Å². The topological polar surface area (TPSA) is 101 Å². The van der Waals surface area contributed by atoms with Crippen LogP contribution in [0.5, 0.6) is 0 Å². The molecule has 2 aromatic heterocycles. The molecule has 8 heteroatoms. The Morgan fingerprint density at radius 2 is 2.10 bits per heavy atom. The number of fused-ring (bicyclic) bond motifs is 1. The van der Waals surface area contributed by atoms with Crippen LogP contribution in [0.3, 0.4) is 0 Å². The molecule has 0 unspecified atom stereocenters. The van der Waals surface area contributed by atoms with Gasteiger partial charge in [-0.3, -0.25) is 14.0 Å². The molecule has 0 fully saturated rings. The van der Waals surface area contributed by atoms with E-state index >= 15 is 0 Å². The van der Waals surface area contributed by atoms with E-state index in [9.17, 15) is 19.5 Å². The molecule has 0 bridgehead atoms. The summed E-state index contributed by atoms with van der Waals surface area (Å²) < 4.78 is 1.26. The maximum Gasteiger partial charge on any atom is 0.329 e. The summed E-state index contributed by atoms with van der Waals surface area (Å²) in [6, 6.07) is 0. The molecule has 2 aromatic rings. The number of nitrogens with one attached hydrogen (secondary N) is 1. The van der Waals surface area contributed by atoms with Gasteiger partial charge in [0.25, 0.3) is 11.5 Å². The standard InChI is InChI=1S/C13H15N3O4S/c1-3-13(4-2,11(19)20)15-9(17)8-7-14-12-16(10(8)18)5-6-21-12/h5-7H,3-4H2,1-2H3,(H,15,17)(H,19,20). The molecule has 112 valence electrons. The number of aromatic nitrogens is 2. The number of hydrogen-bond acceptors (Lipinski definition) is 5. The van der Waals surface area contributed by atoms with Crippen molar-refractivity contribution in [1.82, 2.24) is 14.7 Å². The number of carboxylic acid groups (broad SMARTS) is 1. The Morgan fingerprint density at radius 3 is 2.67 bits per heavy atom. The van der Waals surface area contributed by atoms with Gasteiger partial charge in [-0.15, -0.1) is 11.3 Å². The maximum atomic E-state index is 12.2. The van der Waals surface area contributed by atoms with Crippen LogP contribution in [0, 0.1) is 0 Å². The Hall–Kier alpha value is -2.22. The highest BCUT2D eigenvalue weighted by Gasteiger charge is 2.37. The van der Waals surface area contributed by atoms with Crippen LogP contribution in [0.2, 0.25) is 0 Å². The van der Waals surface area contributed by atoms with Gasteiger partial charge in [-0.1, -0.05) is 13.8 Å². The quantitative estimate of drug-likeness (QED) is 0.862. The van der Waals surface area contributed by atoms with Crippen molar-refractivity contribution in [2.45, 2.75) is 32.2 Å². The van der Waals surface area contributed by atoms with E-state index in [1.165, 1.54) is 28.1 Å². The van der Waals surface area contributed by atoms with Crippen LogP contribution in [0.1, 0.15) is 37.0 Å². The highest BCUT2D eigenvalue weighted by atomic mass is 32.1. The van der Waals surface area contributed by atoms with Gasteiger partial charge in [-0.05, 0) is 12.8 Å². The van der Waals surface area contributed by atoms with Crippen LogP contribution < -0.4 is 10.9 Å². The van der Waals surface area contributed by atoms with Crippen molar-refractivity contribution in [3.8, 4) is 0 Å². The predicted molar refractivity (Wildman–Crippen MR) is 77.8 cm³/mol. The van der Waals surface area contributed by atoms with Crippen molar-refractivity contribution in [3.63, 3.8) is 0 Å². The summed E-state index contributed by atoms with van der Waals surface area (Å²) in [7, 11) is 0. The molecule has 0 radical (unpaired) electrons. The number of hydrogen-bond donors (Lipinski definition) is 2. The molecule has 2 heterocycles. The molecule has 0 aliphatic carbocycles. The molecule has 0 spiro atoms. The zero-order valence-electron chi connectivity index (χ0n) is 11.6. The van der Waals surface area contributed by atoms with E-state index in [0.717, 1.165) is 0 Å². The minimum atomic E-state index is -1.38. The van der Waals surface area contributed by atoms with Gasteiger partial charge in [0.1, 0.15) is 11.1 Å². The number of aliphatic carboxylic acids is 1. The van der Waals surface area contributed by atoms with Gasteiger partial charge in [0.2, 0.25) is 0 Å². The third-order valence-electron chi connectivity index (χ3n) is 3.56. The Morgan fingerprint density at radius 1 is 1.43 bits per heavy atom. The van der Waals surface area contributed by atoms with E-state index < -0.39 is 23.0 Å². The van der Waals surface area contributed by atoms with E-state index in [1.54, 1.807) is 19.2 Å². The van der Waals surface area contributed by atoms with E-state index in [0.29, 0.717) is 4.96 Å². The Labute approximate surface area is 124 Å². The number of carboxylic acids is 1. The van der Waals surface area contributed by atoms with Crippen molar-refractivity contribution in [3.05, 3.63) is 33.7 Å². The van der Waals surface area contributed by atoms with Gasteiger partial charge in [0.15, 0.2) is 4.96 Å². The molecule has 1 amide bonds. The van der Waals surface area contributed by atoms with Crippen LogP contribution in [-0.4, -0.2) is 31.9 Å². The van der Waals surface area contributed by atoms with Crippen LogP contribution in [0.15, 0.2) is 22.6 Å². The van der Waals surface area contributed by atoms with E-state index in [-0.39, 0.29) is 18.4 Å². The minimum Gasteiger partial charge on any atom is -0.480 e. The Kier molecular flexibility index (Phi) is 4.08. The molecular weight excluding hydrogens is 294 g/mol. The monoisotopic (exact) mass is 309 g/mol. The molecule has 0 aromatic carbocycles. The number of amides is 1. The van der Waals surface area contributed by atoms with Crippen molar-refractivity contribution >= 4 is 28.2 Å². The fourth-order valence-electron chi connectivity index (χ4n) is 2.05. The van der Waals surface area contributed by atoms with Crippen molar-refractivity contribution in [2.24, 2.45) is 0 Å². The van der Waals surface area contributed by atoms with Crippen LogP contribution in [-0.2, 0) is 4.79 Å². The molecule has 7 nitrogen and oxygen atoms in total. The summed E-state index contributed by atoms with van der Waals surface area (Å²) in [6.07, 6.45) is 3.15. The molecule has 0 saturated carbocycles. The molecule has 21 heavy (non-hydrogen) atoms. The predicted octanol–water partition coefficient (Wildman–Crippen LogP) is 1.13. The zero-order valence-corrected chi connectivity index (χ0v) is 12.4. The number of rotatable bonds is 5. The van der Waals surface area contributed by atoms with Gasteiger partial charge in [-0.2, -0.15) is 0 Å². The third-order valence-corrected chi connectivity index (χ3v) is 4.33. The summed E-state index contributed by atoms with van der Waals surface area (Å²) in [5.41, 5.74) is -2.05. The second-order valence-corrected chi connectivity index (χ2v) is 5.45. The zero-order chi connectivity index (χ0) is 15.6. The second kappa shape index (κ2) is 5.65. The molecule has 2 N–H and O–H groups in total. The molecular formula is C13H15N3O4S. The van der Waals surface area contributed by atoms with Gasteiger partial charge in [-0.25, -0.2) is 9.78 Å². The lowest BCUT2D eigenvalue weighted by Crippen LogP contribution is -2.54. The average Bonchev–Trinajstić information content (AvgIpc) is 2.94. The lowest BCUT2D eigenvalue weighted by molar-refractivity contribution is -0.144. The first-order chi connectivity index (χ1) is 9.95. The van der Waals surface area contributed by atoms with E-state index in [2.05, 4.69) is 10.3 Å². The minimum absolute atomic E-state index is 0.168. The fourth-order valence-corrected chi connectivity index (χ4v) is 2.72. The molecule has 0 atom stereocenters. The van der Waals surface area contributed by atoms with Crippen molar-refractivity contribution in [1.29, 1.82) is 0 Å². The number of nitrogens with zero attached hydrogens (tertiary/aromatic N) is 2. The summed E-state index contributed by atoms with van der Waals surface area (Å²) in [6.45, 7) is 3.34. The highest BCUT2D eigenvalue weighted by molar-refractivity contribution is 7.15. The van der Waals surface area contributed by atoms with Crippen LogP contribution in [0.25, 0.3) is 4.96 Å². The van der Waals surface area contributed by atoms with Crippen molar-refractivity contribution < 1.29 is 14.7 Å². The lowest BCUT2D eigenvalue weighted by Gasteiger charge is -2.27. The Bertz CT molecular complexity index is 745. The fraction of sp³-hybridized carbons (Fsp3) is 0.385. The number of thiazole rings is 1. The van der Waals surface area contributed by atoms with Gasteiger partial charge in [0, 0.05) is 17.8 Å². The first-order valence-corrected chi connectivity index (χ1v) is 7.34. The smallest absolute Gasteiger partial charge is 0.329 e. The largest absolute Gasteiger partial charge is 0.480 e. The van der Waals surface area contributed by atoms with Crippen molar-refractivity contribution in [2.75, 3.05) is 0 Å². The summed E-state index contributed by atoms with van der Waals surface area (Å²) >= 11 is 1.27. The normalized spacial score (nSPS) is 11.5. The first-order valence-electron chi connectivity index (χ1n) is 6.46. The maximum absolute atomic E-state index is 12.2. The van der Waals surface area contributed by atoms with Gasteiger partial charge < -0.3 is 10.4 Å². The number of carbonyl (C=O) groups excluding carboxylic acids is 1. The summed E-state index contributed by atoms with van der Waals surface area (Å²) in [5, 5.41) is 13.5. The molecule has 0 aliphatic rings. The van der Waals surface area contributed by atoms with E-state index in [4.69, 9.17) is 0 Å². The molecule has 2 rings (SSSR count). The SMILES string of the molecule is CCC(CC)(NC(=O)c1cnc2sccn2c1=O)C(=O)O. The average molecular weight is 309 g/mol.